The number of hydrogen-bond acceptors (Lipinski definition) is 1. The van der Waals surface area contributed by atoms with E-state index in [1.54, 1.807) is 12.3 Å². The van der Waals surface area contributed by atoms with Gasteiger partial charge in [0, 0.05) is 22.8 Å². The van der Waals surface area contributed by atoms with Gasteiger partial charge in [0.25, 0.3) is 0 Å². The average molecular weight is 308 g/mol. The fraction of sp³-hybridized carbons (Fsp3) is 0.583. The van der Waals surface area contributed by atoms with Gasteiger partial charge in [0.15, 0.2) is 0 Å². The van der Waals surface area contributed by atoms with Crippen molar-refractivity contribution in [1.82, 2.24) is 4.98 Å². The Morgan fingerprint density at radius 1 is 1.41 bits per heavy atom. The molecule has 1 aromatic rings. The first-order chi connectivity index (χ1) is 7.84. The lowest BCUT2D eigenvalue weighted by Gasteiger charge is -2.43. The normalized spacial score (nSPS) is 18.9. The van der Waals surface area contributed by atoms with Gasteiger partial charge in [0.2, 0.25) is 0 Å². The number of pyridine rings is 1. The van der Waals surface area contributed by atoms with Gasteiger partial charge in [-0.1, -0.05) is 6.42 Å². The van der Waals surface area contributed by atoms with E-state index < -0.39 is 11.6 Å². The number of nitrogens with zero attached hydrogens (tertiary/aromatic N) is 1. The Labute approximate surface area is 107 Å². The van der Waals surface area contributed by atoms with Crippen LogP contribution in [-0.4, -0.2) is 11.2 Å². The Morgan fingerprint density at radius 2 is 2.06 bits per heavy atom. The molecular formula is C12H13BrF3N. The van der Waals surface area contributed by atoms with E-state index in [2.05, 4.69) is 20.9 Å². The van der Waals surface area contributed by atoms with Crippen molar-refractivity contribution in [2.24, 2.45) is 5.41 Å². The lowest BCUT2D eigenvalue weighted by Crippen LogP contribution is -2.45. The van der Waals surface area contributed by atoms with Gasteiger partial charge < -0.3 is 0 Å². The monoisotopic (exact) mass is 307 g/mol. The summed E-state index contributed by atoms with van der Waals surface area (Å²) in [6.45, 7) is 1.86. The van der Waals surface area contributed by atoms with E-state index in [-0.39, 0.29) is 19.3 Å². The molecule has 5 heteroatoms. The topological polar surface area (TPSA) is 12.9 Å². The minimum absolute atomic E-state index is 0.00458. The Kier molecular flexibility index (Phi) is 3.23. The van der Waals surface area contributed by atoms with Crippen molar-refractivity contribution in [1.29, 1.82) is 0 Å². The summed E-state index contributed by atoms with van der Waals surface area (Å²) < 4.78 is 39.8. The highest BCUT2D eigenvalue weighted by molar-refractivity contribution is 9.10. The number of rotatable bonds is 2. The number of hydrogen-bond donors (Lipinski definition) is 0. The number of aryl methyl sites for hydroxylation is 1. The van der Waals surface area contributed by atoms with Gasteiger partial charge in [0.1, 0.15) is 0 Å². The van der Waals surface area contributed by atoms with Crippen LogP contribution in [0.3, 0.4) is 0 Å². The zero-order valence-corrected chi connectivity index (χ0v) is 11.0. The van der Waals surface area contributed by atoms with Crippen LogP contribution in [0.2, 0.25) is 0 Å². The Hall–Kier alpha value is -0.580. The standard InChI is InChI=1S/C12H13BrF3N/c1-8-5-9(17-7-10(8)13)6-11(3-2-4-11)12(14,15)16/h5,7H,2-4,6H2,1H3. The van der Waals surface area contributed by atoms with E-state index in [0.29, 0.717) is 12.1 Å². The molecule has 0 atom stereocenters. The first kappa shape index (κ1) is 12.9. The van der Waals surface area contributed by atoms with Gasteiger partial charge >= 0.3 is 6.18 Å². The van der Waals surface area contributed by atoms with Gasteiger partial charge in [-0.2, -0.15) is 13.2 Å². The third-order valence-electron chi connectivity index (χ3n) is 3.54. The Balaban J connectivity index is 2.22. The lowest BCUT2D eigenvalue weighted by atomic mass is 9.65. The van der Waals surface area contributed by atoms with Crippen LogP contribution in [0.4, 0.5) is 13.2 Å². The number of alkyl halides is 3. The minimum Gasteiger partial charge on any atom is -0.260 e. The predicted octanol–water partition coefficient (Wildman–Crippen LogP) is 4.43. The van der Waals surface area contributed by atoms with Crippen molar-refractivity contribution in [2.45, 2.75) is 38.8 Å². The second-order valence-electron chi connectivity index (χ2n) is 4.73. The second-order valence-corrected chi connectivity index (χ2v) is 5.59. The maximum atomic E-state index is 13.0. The SMILES string of the molecule is Cc1cc(CC2(C(F)(F)F)CCC2)ncc1Br. The molecule has 0 N–H and O–H groups in total. The fourth-order valence-electron chi connectivity index (χ4n) is 2.20. The highest BCUT2D eigenvalue weighted by atomic mass is 79.9. The van der Waals surface area contributed by atoms with Crippen molar-refractivity contribution in [3.63, 3.8) is 0 Å². The van der Waals surface area contributed by atoms with E-state index in [9.17, 15) is 13.2 Å². The van der Waals surface area contributed by atoms with Crippen LogP contribution < -0.4 is 0 Å². The molecule has 0 saturated heterocycles. The molecule has 0 spiro atoms. The van der Waals surface area contributed by atoms with E-state index in [1.165, 1.54) is 0 Å². The van der Waals surface area contributed by atoms with E-state index in [0.717, 1.165) is 10.0 Å². The summed E-state index contributed by atoms with van der Waals surface area (Å²) in [6.07, 6.45) is -1.42. The van der Waals surface area contributed by atoms with Crippen LogP contribution in [0.1, 0.15) is 30.5 Å². The molecule has 0 aliphatic heterocycles. The van der Waals surface area contributed by atoms with Gasteiger partial charge in [-0.3, -0.25) is 4.98 Å². The molecule has 1 fully saturated rings. The summed E-state index contributed by atoms with van der Waals surface area (Å²) >= 11 is 3.29. The van der Waals surface area contributed by atoms with E-state index in [1.807, 2.05) is 6.92 Å². The van der Waals surface area contributed by atoms with Gasteiger partial charge in [-0.15, -0.1) is 0 Å². The maximum absolute atomic E-state index is 13.0. The first-order valence-corrected chi connectivity index (χ1v) is 6.31. The van der Waals surface area contributed by atoms with Crippen LogP contribution in [0.5, 0.6) is 0 Å². The molecule has 1 aliphatic carbocycles. The smallest absolute Gasteiger partial charge is 0.260 e. The van der Waals surface area contributed by atoms with Gasteiger partial charge in [-0.25, -0.2) is 0 Å². The molecule has 0 bridgehead atoms. The first-order valence-electron chi connectivity index (χ1n) is 5.52. The zero-order valence-electron chi connectivity index (χ0n) is 9.44. The Bertz CT molecular complexity index is 424. The van der Waals surface area contributed by atoms with Crippen molar-refractivity contribution in [3.8, 4) is 0 Å². The quantitative estimate of drug-likeness (QED) is 0.788. The number of aromatic nitrogens is 1. The van der Waals surface area contributed by atoms with Crippen LogP contribution in [0, 0.1) is 12.3 Å². The zero-order chi connectivity index (χ0) is 12.7. The lowest BCUT2D eigenvalue weighted by molar-refractivity contribution is -0.250. The third-order valence-corrected chi connectivity index (χ3v) is 4.37. The predicted molar refractivity (Wildman–Crippen MR) is 62.7 cm³/mol. The molecule has 1 aromatic heterocycles. The van der Waals surface area contributed by atoms with Crippen LogP contribution in [0.25, 0.3) is 0 Å². The molecule has 0 unspecified atom stereocenters. The third kappa shape index (κ3) is 2.34. The molecule has 0 aromatic carbocycles. The van der Waals surface area contributed by atoms with Gasteiger partial charge in [-0.05, 0) is 47.3 Å². The molecule has 1 saturated carbocycles. The minimum atomic E-state index is -4.12. The average Bonchev–Trinajstić information content (AvgIpc) is 2.15. The van der Waals surface area contributed by atoms with Crippen LogP contribution in [0.15, 0.2) is 16.7 Å². The summed E-state index contributed by atoms with van der Waals surface area (Å²) in [5.74, 6) is 0. The second kappa shape index (κ2) is 4.26. The van der Waals surface area contributed by atoms with Crippen LogP contribution >= 0.6 is 15.9 Å². The van der Waals surface area contributed by atoms with Crippen molar-refractivity contribution >= 4 is 15.9 Å². The largest absolute Gasteiger partial charge is 0.394 e. The summed E-state index contributed by atoms with van der Waals surface area (Å²) in [5, 5.41) is 0. The van der Waals surface area contributed by atoms with Crippen molar-refractivity contribution in [3.05, 3.63) is 28.0 Å². The Morgan fingerprint density at radius 3 is 2.47 bits per heavy atom. The molecule has 0 radical (unpaired) electrons. The molecule has 2 rings (SSSR count). The van der Waals surface area contributed by atoms with Crippen molar-refractivity contribution < 1.29 is 13.2 Å². The molecular weight excluding hydrogens is 295 g/mol. The summed E-state index contributed by atoms with van der Waals surface area (Å²) in [4.78, 5) is 4.07. The number of halogens is 4. The summed E-state index contributed by atoms with van der Waals surface area (Å²) in [7, 11) is 0. The van der Waals surface area contributed by atoms with E-state index >= 15 is 0 Å². The maximum Gasteiger partial charge on any atom is 0.394 e. The van der Waals surface area contributed by atoms with Gasteiger partial charge in [0.05, 0.1) is 5.41 Å². The summed E-state index contributed by atoms with van der Waals surface area (Å²) in [5.41, 5.74) is -0.0744. The molecule has 1 heterocycles. The van der Waals surface area contributed by atoms with E-state index in [4.69, 9.17) is 0 Å². The highest BCUT2D eigenvalue weighted by Gasteiger charge is 2.57. The molecule has 1 aliphatic rings. The fourth-order valence-corrected chi connectivity index (χ4v) is 2.42. The molecule has 0 amide bonds. The molecule has 94 valence electrons. The molecule has 1 nitrogen and oxygen atoms in total. The van der Waals surface area contributed by atoms with Crippen LogP contribution in [-0.2, 0) is 6.42 Å². The van der Waals surface area contributed by atoms with Crippen molar-refractivity contribution in [2.75, 3.05) is 0 Å². The highest BCUT2D eigenvalue weighted by Crippen LogP contribution is 2.54. The molecule has 17 heavy (non-hydrogen) atoms. The summed E-state index contributed by atoms with van der Waals surface area (Å²) in [6, 6.07) is 1.73.